The largest absolute Gasteiger partial charge is 0.468 e. The second kappa shape index (κ2) is 10.8. The maximum absolute atomic E-state index is 13.0. The van der Waals surface area contributed by atoms with Crippen molar-refractivity contribution < 1.29 is 22.7 Å². The highest BCUT2D eigenvalue weighted by Crippen LogP contribution is 2.22. The first-order valence-electron chi connectivity index (χ1n) is 11.7. The molecular formula is C25H29N3O5S2. The standard InChI is InChI=1S/C25H29N3O5S2/c1-3-4-7-18-8-13-21-22(16-18)34-25(28(21)17-23(29)33-2)26-24(30)19-9-11-20(12-10-19)35(31,32)27-14-5-6-15-27/h8-13,16H,3-7,14-15,17H2,1-2H3. The monoisotopic (exact) mass is 515 g/mol. The summed E-state index contributed by atoms with van der Waals surface area (Å²) in [4.78, 5) is 29.9. The maximum Gasteiger partial charge on any atom is 0.325 e. The molecule has 0 atom stereocenters. The smallest absolute Gasteiger partial charge is 0.325 e. The fraction of sp³-hybridized carbons (Fsp3) is 0.400. The lowest BCUT2D eigenvalue weighted by molar-refractivity contribution is -0.141. The van der Waals surface area contributed by atoms with Crippen LogP contribution in [-0.4, -0.2) is 49.4 Å². The molecule has 0 spiro atoms. The van der Waals surface area contributed by atoms with Gasteiger partial charge in [-0.25, -0.2) is 8.42 Å². The van der Waals surface area contributed by atoms with Crippen molar-refractivity contribution in [1.29, 1.82) is 0 Å². The molecule has 0 radical (unpaired) electrons. The van der Waals surface area contributed by atoms with E-state index in [-0.39, 0.29) is 17.0 Å². The zero-order valence-electron chi connectivity index (χ0n) is 19.9. The van der Waals surface area contributed by atoms with E-state index in [1.807, 2.05) is 12.1 Å². The molecule has 2 heterocycles. The number of hydrogen-bond donors (Lipinski definition) is 0. The SMILES string of the molecule is CCCCc1ccc2c(c1)sc(=NC(=O)c1ccc(S(=O)(=O)N3CCCC3)cc1)n2CC(=O)OC. The lowest BCUT2D eigenvalue weighted by atomic mass is 10.1. The van der Waals surface area contributed by atoms with Crippen LogP contribution >= 0.6 is 11.3 Å². The topological polar surface area (TPSA) is 98.0 Å². The fourth-order valence-corrected chi connectivity index (χ4v) is 6.69. The van der Waals surface area contributed by atoms with Crippen LogP contribution in [0.4, 0.5) is 0 Å². The number of amides is 1. The molecule has 4 rings (SSSR count). The van der Waals surface area contributed by atoms with Crippen LogP contribution in [0.5, 0.6) is 0 Å². The van der Waals surface area contributed by atoms with Crippen molar-refractivity contribution in [3.63, 3.8) is 0 Å². The number of carbonyl (C=O) groups excluding carboxylic acids is 2. The molecule has 0 saturated carbocycles. The number of aryl methyl sites for hydroxylation is 1. The van der Waals surface area contributed by atoms with Crippen molar-refractivity contribution in [2.45, 2.75) is 50.5 Å². The van der Waals surface area contributed by atoms with Gasteiger partial charge in [0.1, 0.15) is 6.54 Å². The first-order chi connectivity index (χ1) is 16.8. The summed E-state index contributed by atoms with van der Waals surface area (Å²) in [5.74, 6) is -0.948. The van der Waals surface area contributed by atoms with Crippen molar-refractivity contribution in [2.24, 2.45) is 4.99 Å². The number of unbranched alkanes of at least 4 members (excludes halogenated alkanes) is 1. The van der Waals surface area contributed by atoms with Gasteiger partial charge in [0.25, 0.3) is 5.91 Å². The molecule has 1 fully saturated rings. The van der Waals surface area contributed by atoms with Crippen LogP contribution in [-0.2, 0) is 32.5 Å². The van der Waals surface area contributed by atoms with E-state index in [4.69, 9.17) is 4.74 Å². The Labute approximate surface area is 208 Å². The van der Waals surface area contributed by atoms with Gasteiger partial charge in [0.2, 0.25) is 10.0 Å². The number of ether oxygens (including phenoxy) is 1. The van der Waals surface area contributed by atoms with Gasteiger partial charge in [-0.05, 0) is 67.6 Å². The van der Waals surface area contributed by atoms with E-state index in [1.165, 1.54) is 52.6 Å². The number of rotatable bonds is 8. The van der Waals surface area contributed by atoms with E-state index in [0.29, 0.717) is 17.9 Å². The average molecular weight is 516 g/mol. The summed E-state index contributed by atoms with van der Waals surface area (Å²) in [5, 5.41) is 0. The highest BCUT2D eigenvalue weighted by Gasteiger charge is 2.27. The number of aromatic nitrogens is 1. The van der Waals surface area contributed by atoms with Crippen molar-refractivity contribution in [2.75, 3.05) is 20.2 Å². The van der Waals surface area contributed by atoms with Crippen LogP contribution in [0.2, 0.25) is 0 Å². The Morgan fingerprint density at radius 3 is 2.46 bits per heavy atom. The lowest BCUT2D eigenvalue weighted by Crippen LogP contribution is -2.27. The zero-order chi connectivity index (χ0) is 25.0. The van der Waals surface area contributed by atoms with Gasteiger partial charge in [-0.3, -0.25) is 9.59 Å². The molecule has 186 valence electrons. The Bertz CT molecular complexity index is 1400. The zero-order valence-corrected chi connectivity index (χ0v) is 21.5. The van der Waals surface area contributed by atoms with E-state index in [0.717, 1.165) is 42.3 Å². The van der Waals surface area contributed by atoms with Crippen molar-refractivity contribution in [3.05, 3.63) is 58.4 Å². The number of sulfonamides is 1. The lowest BCUT2D eigenvalue weighted by Gasteiger charge is -2.15. The summed E-state index contributed by atoms with van der Waals surface area (Å²) < 4.78 is 34.4. The molecule has 10 heteroatoms. The highest BCUT2D eigenvalue weighted by molar-refractivity contribution is 7.89. The van der Waals surface area contributed by atoms with Crippen LogP contribution in [0.1, 0.15) is 48.5 Å². The third kappa shape index (κ3) is 5.55. The van der Waals surface area contributed by atoms with Crippen molar-refractivity contribution in [3.8, 4) is 0 Å². The van der Waals surface area contributed by atoms with Crippen LogP contribution in [0, 0.1) is 0 Å². The first-order valence-corrected chi connectivity index (χ1v) is 14.0. The molecule has 0 N–H and O–H groups in total. The summed E-state index contributed by atoms with van der Waals surface area (Å²) in [6.45, 7) is 3.12. The van der Waals surface area contributed by atoms with E-state index in [2.05, 4.69) is 18.0 Å². The molecule has 1 saturated heterocycles. The van der Waals surface area contributed by atoms with Crippen molar-refractivity contribution >= 4 is 43.5 Å². The number of carbonyl (C=O) groups is 2. The number of nitrogens with zero attached hydrogens (tertiary/aromatic N) is 3. The van der Waals surface area contributed by atoms with Gasteiger partial charge < -0.3 is 9.30 Å². The second-order valence-electron chi connectivity index (χ2n) is 8.51. The minimum absolute atomic E-state index is 0.0655. The van der Waals surface area contributed by atoms with Crippen LogP contribution in [0.3, 0.4) is 0 Å². The van der Waals surface area contributed by atoms with Gasteiger partial charge in [-0.1, -0.05) is 30.7 Å². The van der Waals surface area contributed by atoms with Gasteiger partial charge >= 0.3 is 5.97 Å². The number of methoxy groups -OCH3 is 1. The minimum atomic E-state index is -3.55. The maximum atomic E-state index is 13.0. The summed E-state index contributed by atoms with van der Waals surface area (Å²) in [7, 11) is -2.23. The Balaban J connectivity index is 1.67. The van der Waals surface area contributed by atoms with E-state index in [9.17, 15) is 18.0 Å². The number of esters is 1. The predicted octanol–water partition coefficient (Wildman–Crippen LogP) is 3.74. The Morgan fingerprint density at radius 1 is 1.09 bits per heavy atom. The van der Waals surface area contributed by atoms with Crippen LogP contribution in [0.25, 0.3) is 10.2 Å². The predicted molar refractivity (Wildman–Crippen MR) is 135 cm³/mol. The van der Waals surface area contributed by atoms with Crippen LogP contribution < -0.4 is 4.80 Å². The number of fused-ring (bicyclic) bond motifs is 1. The molecule has 0 bridgehead atoms. The van der Waals surface area contributed by atoms with Gasteiger partial charge in [-0.2, -0.15) is 9.30 Å². The quantitative estimate of drug-likeness (QED) is 0.426. The molecular weight excluding hydrogens is 486 g/mol. The molecule has 2 aromatic carbocycles. The summed E-state index contributed by atoms with van der Waals surface area (Å²) in [6, 6.07) is 11.9. The summed E-state index contributed by atoms with van der Waals surface area (Å²) in [5.41, 5.74) is 2.27. The van der Waals surface area contributed by atoms with Crippen molar-refractivity contribution in [1.82, 2.24) is 8.87 Å². The van der Waals surface area contributed by atoms with Gasteiger partial charge in [-0.15, -0.1) is 0 Å². The van der Waals surface area contributed by atoms with Gasteiger partial charge in [0.05, 0.1) is 22.2 Å². The van der Waals surface area contributed by atoms with Crippen LogP contribution in [0.15, 0.2) is 52.4 Å². The highest BCUT2D eigenvalue weighted by atomic mass is 32.2. The first kappa shape index (κ1) is 25.3. The molecule has 35 heavy (non-hydrogen) atoms. The Morgan fingerprint density at radius 2 is 1.80 bits per heavy atom. The molecule has 3 aromatic rings. The molecule has 0 unspecified atom stereocenters. The second-order valence-corrected chi connectivity index (χ2v) is 11.5. The molecule has 1 aliphatic rings. The number of thiazole rings is 1. The Kier molecular flexibility index (Phi) is 7.83. The van der Waals surface area contributed by atoms with Gasteiger partial charge in [0.15, 0.2) is 4.80 Å². The molecule has 8 nitrogen and oxygen atoms in total. The molecule has 1 amide bonds. The van der Waals surface area contributed by atoms with Gasteiger partial charge in [0, 0.05) is 18.7 Å². The number of benzene rings is 2. The molecule has 0 aliphatic carbocycles. The Hall–Kier alpha value is -2.82. The number of hydrogen-bond acceptors (Lipinski definition) is 6. The third-order valence-corrected chi connectivity index (χ3v) is 9.04. The summed E-state index contributed by atoms with van der Waals surface area (Å²) in [6.07, 6.45) is 4.85. The molecule has 1 aromatic heterocycles. The minimum Gasteiger partial charge on any atom is -0.468 e. The normalized spacial score (nSPS) is 15.1. The summed E-state index contributed by atoms with van der Waals surface area (Å²) >= 11 is 1.34. The fourth-order valence-electron chi connectivity index (χ4n) is 4.08. The molecule has 1 aliphatic heterocycles. The van der Waals surface area contributed by atoms with E-state index in [1.54, 1.807) is 4.57 Å². The average Bonchev–Trinajstić information content (AvgIpc) is 3.52. The van der Waals surface area contributed by atoms with E-state index < -0.39 is 21.9 Å². The van der Waals surface area contributed by atoms with E-state index >= 15 is 0 Å². The third-order valence-electron chi connectivity index (χ3n) is 6.08.